The van der Waals surface area contributed by atoms with E-state index in [9.17, 15) is 4.79 Å². The molecule has 74 valence electrons. The van der Waals surface area contributed by atoms with Crippen molar-refractivity contribution in [2.24, 2.45) is 11.8 Å². The smallest absolute Gasteiger partial charge is 0.272 e. The van der Waals surface area contributed by atoms with Crippen LogP contribution in [-0.4, -0.2) is 34.6 Å². The SMILES string of the molecule is O=C(NC1C2CNCC21)c1csnn1. The molecule has 2 N–H and O–H groups in total. The first-order chi connectivity index (χ1) is 6.86. The lowest BCUT2D eigenvalue weighted by Gasteiger charge is -2.05. The van der Waals surface area contributed by atoms with Gasteiger partial charge in [-0.3, -0.25) is 4.79 Å². The summed E-state index contributed by atoms with van der Waals surface area (Å²) in [6.45, 7) is 2.07. The van der Waals surface area contributed by atoms with Crippen LogP contribution in [0.3, 0.4) is 0 Å². The number of amides is 1. The van der Waals surface area contributed by atoms with E-state index >= 15 is 0 Å². The second kappa shape index (κ2) is 2.99. The van der Waals surface area contributed by atoms with E-state index in [0.29, 0.717) is 23.6 Å². The van der Waals surface area contributed by atoms with Gasteiger partial charge in [-0.05, 0) is 23.4 Å². The molecule has 2 heterocycles. The van der Waals surface area contributed by atoms with Crippen LogP contribution >= 0.6 is 11.5 Å². The molecule has 0 aromatic carbocycles. The van der Waals surface area contributed by atoms with Crippen molar-refractivity contribution >= 4 is 17.4 Å². The van der Waals surface area contributed by atoms with Gasteiger partial charge in [0.05, 0.1) is 0 Å². The predicted molar refractivity (Wildman–Crippen MR) is 51.0 cm³/mol. The highest BCUT2D eigenvalue weighted by molar-refractivity contribution is 7.03. The molecule has 5 nitrogen and oxygen atoms in total. The summed E-state index contributed by atoms with van der Waals surface area (Å²) in [4.78, 5) is 11.6. The van der Waals surface area contributed by atoms with E-state index in [1.807, 2.05) is 0 Å². The highest BCUT2D eigenvalue weighted by Crippen LogP contribution is 2.41. The summed E-state index contributed by atoms with van der Waals surface area (Å²) in [5.74, 6) is 1.20. The van der Waals surface area contributed by atoms with Crippen molar-refractivity contribution in [1.82, 2.24) is 20.2 Å². The monoisotopic (exact) mass is 210 g/mol. The highest BCUT2D eigenvalue weighted by Gasteiger charge is 2.53. The number of nitrogens with one attached hydrogen (secondary N) is 2. The predicted octanol–water partition coefficient (Wildman–Crippen LogP) is -0.514. The van der Waals surface area contributed by atoms with E-state index < -0.39 is 0 Å². The number of piperidine rings is 1. The van der Waals surface area contributed by atoms with Crippen LogP contribution in [0.1, 0.15) is 10.5 Å². The highest BCUT2D eigenvalue weighted by atomic mass is 32.1. The fourth-order valence-electron chi connectivity index (χ4n) is 2.12. The summed E-state index contributed by atoms with van der Waals surface area (Å²) >= 11 is 1.20. The molecule has 1 aliphatic carbocycles. The molecular weight excluding hydrogens is 200 g/mol. The third kappa shape index (κ3) is 1.22. The zero-order chi connectivity index (χ0) is 9.54. The van der Waals surface area contributed by atoms with Crippen LogP contribution in [0.15, 0.2) is 5.38 Å². The molecule has 6 heteroatoms. The lowest BCUT2D eigenvalue weighted by molar-refractivity contribution is 0.0941. The van der Waals surface area contributed by atoms with Gasteiger partial charge in [0.1, 0.15) is 0 Å². The summed E-state index contributed by atoms with van der Waals surface area (Å²) in [7, 11) is 0. The number of rotatable bonds is 2. The maximum atomic E-state index is 11.6. The molecule has 2 unspecified atom stereocenters. The molecular formula is C8H10N4OS. The van der Waals surface area contributed by atoms with Gasteiger partial charge in [-0.15, -0.1) is 5.10 Å². The van der Waals surface area contributed by atoms with Crippen LogP contribution in [0.4, 0.5) is 0 Å². The summed E-state index contributed by atoms with van der Waals surface area (Å²) in [5, 5.41) is 11.7. The summed E-state index contributed by atoms with van der Waals surface area (Å²) in [6.07, 6.45) is 0. The zero-order valence-corrected chi connectivity index (χ0v) is 8.25. The third-order valence-corrected chi connectivity index (χ3v) is 3.49. The molecule has 3 rings (SSSR count). The standard InChI is InChI=1S/C8H10N4OS/c13-8(6-3-14-12-11-6)10-7-4-1-9-2-5(4)7/h3-5,7,9H,1-2H2,(H,10,13). The number of hydrogen-bond donors (Lipinski definition) is 2. The van der Waals surface area contributed by atoms with E-state index in [1.165, 1.54) is 11.5 Å². The maximum Gasteiger partial charge on any atom is 0.272 e. The van der Waals surface area contributed by atoms with Crippen molar-refractivity contribution in [3.05, 3.63) is 11.1 Å². The van der Waals surface area contributed by atoms with Crippen molar-refractivity contribution in [1.29, 1.82) is 0 Å². The minimum atomic E-state index is -0.0850. The number of aromatic nitrogens is 2. The third-order valence-electron chi connectivity index (χ3n) is 2.98. The molecule has 1 aromatic rings. The average molecular weight is 210 g/mol. The van der Waals surface area contributed by atoms with Gasteiger partial charge < -0.3 is 10.6 Å². The Morgan fingerprint density at radius 3 is 3.00 bits per heavy atom. The van der Waals surface area contributed by atoms with Crippen LogP contribution in [-0.2, 0) is 0 Å². The Kier molecular flexibility index (Phi) is 1.78. The molecule has 0 radical (unpaired) electrons. The number of nitrogens with zero attached hydrogens (tertiary/aromatic N) is 2. The Labute approximate surface area is 85.1 Å². The van der Waals surface area contributed by atoms with Gasteiger partial charge in [-0.25, -0.2) is 0 Å². The van der Waals surface area contributed by atoms with E-state index in [-0.39, 0.29) is 5.91 Å². The van der Waals surface area contributed by atoms with Gasteiger partial charge in [0, 0.05) is 24.5 Å². The Hall–Kier alpha value is -1.01. The molecule has 0 bridgehead atoms. The first-order valence-electron chi connectivity index (χ1n) is 4.65. The summed E-state index contributed by atoms with van der Waals surface area (Å²) < 4.78 is 3.66. The molecule has 2 atom stereocenters. The van der Waals surface area contributed by atoms with Crippen molar-refractivity contribution in [2.45, 2.75) is 6.04 Å². The number of hydrogen-bond acceptors (Lipinski definition) is 5. The van der Waals surface area contributed by atoms with Gasteiger partial charge in [0.15, 0.2) is 5.69 Å². The largest absolute Gasteiger partial charge is 0.347 e. The maximum absolute atomic E-state index is 11.6. The lowest BCUT2D eigenvalue weighted by Crippen LogP contribution is -2.32. The summed E-state index contributed by atoms with van der Waals surface area (Å²) in [5.41, 5.74) is 0.438. The van der Waals surface area contributed by atoms with Crippen molar-refractivity contribution in [3.8, 4) is 0 Å². The van der Waals surface area contributed by atoms with Gasteiger partial charge in [-0.2, -0.15) is 0 Å². The molecule has 2 aliphatic rings. The van der Waals surface area contributed by atoms with Gasteiger partial charge >= 0.3 is 0 Å². The number of fused-ring (bicyclic) bond motifs is 1. The minimum absolute atomic E-state index is 0.0850. The molecule has 1 saturated carbocycles. The molecule has 1 amide bonds. The topological polar surface area (TPSA) is 66.9 Å². The van der Waals surface area contributed by atoms with Crippen LogP contribution in [0.5, 0.6) is 0 Å². The molecule has 1 aromatic heterocycles. The Morgan fingerprint density at radius 2 is 2.36 bits per heavy atom. The van der Waals surface area contributed by atoms with Crippen molar-refractivity contribution in [2.75, 3.05) is 13.1 Å². The molecule has 1 saturated heterocycles. The van der Waals surface area contributed by atoms with E-state index in [1.54, 1.807) is 5.38 Å². The van der Waals surface area contributed by atoms with Crippen LogP contribution < -0.4 is 10.6 Å². The summed E-state index contributed by atoms with van der Waals surface area (Å²) in [6, 6.07) is 0.366. The van der Waals surface area contributed by atoms with Gasteiger partial charge in [-0.1, -0.05) is 4.49 Å². The first kappa shape index (κ1) is 8.31. The van der Waals surface area contributed by atoms with Gasteiger partial charge in [0.2, 0.25) is 0 Å². The molecule has 0 spiro atoms. The van der Waals surface area contributed by atoms with E-state index in [4.69, 9.17) is 0 Å². The van der Waals surface area contributed by atoms with E-state index in [0.717, 1.165) is 13.1 Å². The fourth-order valence-corrected chi connectivity index (χ4v) is 2.56. The fraction of sp³-hybridized carbons (Fsp3) is 0.625. The van der Waals surface area contributed by atoms with E-state index in [2.05, 4.69) is 20.2 Å². The van der Waals surface area contributed by atoms with Crippen LogP contribution in [0, 0.1) is 11.8 Å². The average Bonchev–Trinajstić information content (AvgIpc) is 2.75. The number of carbonyl (C=O) groups is 1. The lowest BCUT2D eigenvalue weighted by atomic mass is 10.4. The van der Waals surface area contributed by atoms with Crippen molar-refractivity contribution in [3.63, 3.8) is 0 Å². The minimum Gasteiger partial charge on any atom is -0.347 e. The second-order valence-corrected chi connectivity index (χ2v) is 4.39. The quantitative estimate of drug-likeness (QED) is 0.689. The first-order valence-corrected chi connectivity index (χ1v) is 5.48. The Bertz CT molecular complexity index is 342. The van der Waals surface area contributed by atoms with Crippen LogP contribution in [0.25, 0.3) is 0 Å². The van der Waals surface area contributed by atoms with Crippen molar-refractivity contribution < 1.29 is 4.79 Å². The molecule has 2 fully saturated rings. The second-order valence-electron chi connectivity index (χ2n) is 3.78. The number of carbonyl (C=O) groups excluding carboxylic acids is 1. The Morgan fingerprint density at radius 1 is 1.57 bits per heavy atom. The normalized spacial score (nSPS) is 33.9. The molecule has 14 heavy (non-hydrogen) atoms. The van der Waals surface area contributed by atoms with Gasteiger partial charge in [0.25, 0.3) is 5.91 Å². The van der Waals surface area contributed by atoms with Crippen LogP contribution in [0.2, 0.25) is 0 Å². The molecule has 1 aliphatic heterocycles. The Balaban J connectivity index is 1.61. The zero-order valence-electron chi connectivity index (χ0n) is 7.43.